The number of likely N-dealkylation sites (N-methyl/N-ethyl adjacent to an activating group) is 4. The van der Waals surface area contributed by atoms with Gasteiger partial charge in [0, 0.05) is 116 Å². The number of hydrogen-bond acceptors (Lipinski definition) is 17. The fourth-order valence-corrected chi connectivity index (χ4v) is 8.97. The molecule has 2 aliphatic heterocycles. The van der Waals surface area contributed by atoms with E-state index in [0.29, 0.717) is 78.0 Å². The molecule has 0 aliphatic carbocycles. The van der Waals surface area contributed by atoms with Crippen molar-refractivity contribution in [1.82, 2.24) is 38.9 Å². The number of benzene rings is 4. The zero-order chi connectivity index (χ0) is 52.0. The Balaban J connectivity index is 0.000000182. The molecule has 20 nitrogen and oxygen atoms in total. The van der Waals surface area contributed by atoms with Gasteiger partial charge < -0.3 is 64.0 Å². The van der Waals surface area contributed by atoms with Crippen LogP contribution in [0.3, 0.4) is 0 Å². The van der Waals surface area contributed by atoms with Crippen LogP contribution in [-0.4, -0.2) is 153 Å². The number of fused-ring (bicyclic) bond motifs is 2. The molecule has 2 aliphatic rings. The van der Waals surface area contributed by atoms with Crippen LogP contribution in [0, 0.1) is 10.1 Å². The largest absolute Gasteiger partial charge is 0.494 e. The molecule has 8 aromatic rings. The quantitative estimate of drug-likeness (QED) is 0.0396. The summed E-state index contributed by atoms with van der Waals surface area (Å²) < 4.78 is 26.7. The van der Waals surface area contributed by atoms with Crippen LogP contribution in [0.4, 0.5) is 46.0 Å². The van der Waals surface area contributed by atoms with Gasteiger partial charge in [0.2, 0.25) is 11.9 Å². The SMILES string of the molecule is COc1cc(N(C)CCN(C)C)c(N)cc1Nc1nccc(-c2cn(C3COC3)c3ccccc23)n1.COc1cc(N(C)CCN(C)C)c([N+](=O)[O-])cc1Nc1nccc(-c2cn(C3COC3)c3ccccc23)n1. The lowest BCUT2D eigenvalue weighted by molar-refractivity contribution is -0.384. The zero-order valence-electron chi connectivity index (χ0n) is 43.2. The number of nitrogen functional groups attached to an aromatic ring is 1. The molecular weight excluding hydrogens is 941 g/mol. The minimum Gasteiger partial charge on any atom is -0.494 e. The Labute approximate surface area is 430 Å². The first kappa shape index (κ1) is 50.9. The van der Waals surface area contributed by atoms with Gasteiger partial charge in [0.1, 0.15) is 17.2 Å². The molecule has 2 fully saturated rings. The van der Waals surface area contributed by atoms with E-state index < -0.39 is 0 Å². The molecule has 0 radical (unpaired) electrons. The summed E-state index contributed by atoms with van der Waals surface area (Å²) in [6.07, 6.45) is 7.71. The first-order valence-corrected chi connectivity index (χ1v) is 24.4. The molecule has 0 spiro atoms. The number of nitrogens with two attached hydrogens (primary N) is 1. The Morgan fingerprint density at radius 2 is 1.09 bits per heavy atom. The maximum Gasteiger partial charge on any atom is 0.294 e. The topological polar surface area (TPSA) is 205 Å². The number of methoxy groups -OCH3 is 2. The Hall–Kier alpha value is -8.04. The molecule has 6 heterocycles. The molecule has 0 bridgehead atoms. The minimum atomic E-state index is -0.386. The van der Waals surface area contributed by atoms with Gasteiger partial charge in [0.05, 0.1) is 91.8 Å². The van der Waals surface area contributed by atoms with Crippen LogP contribution in [0.5, 0.6) is 11.5 Å². The fourth-order valence-electron chi connectivity index (χ4n) is 8.97. The lowest BCUT2D eigenvalue weighted by atomic mass is 10.1. The van der Waals surface area contributed by atoms with Crippen LogP contribution < -0.4 is 35.6 Å². The van der Waals surface area contributed by atoms with Crippen molar-refractivity contribution in [3.63, 3.8) is 0 Å². The molecule has 0 atom stereocenters. The number of para-hydroxylation sites is 2. The number of rotatable bonds is 19. The van der Waals surface area contributed by atoms with E-state index in [1.54, 1.807) is 25.6 Å². The molecule has 4 N–H and O–H groups in total. The average Bonchev–Trinajstić information content (AvgIpc) is 3.93. The first-order chi connectivity index (χ1) is 35.8. The van der Waals surface area contributed by atoms with Crippen LogP contribution >= 0.6 is 0 Å². The maximum absolute atomic E-state index is 12.0. The third-order valence-corrected chi connectivity index (χ3v) is 13.3. The van der Waals surface area contributed by atoms with E-state index in [9.17, 15) is 10.1 Å². The Kier molecular flexibility index (Phi) is 15.4. The van der Waals surface area contributed by atoms with E-state index in [1.807, 2.05) is 74.4 Å². The van der Waals surface area contributed by atoms with Crippen LogP contribution in [-0.2, 0) is 9.47 Å². The van der Waals surface area contributed by atoms with Crippen molar-refractivity contribution in [2.45, 2.75) is 12.1 Å². The van der Waals surface area contributed by atoms with Crippen molar-refractivity contribution in [3.05, 3.63) is 120 Å². The third kappa shape index (κ3) is 11.0. The molecule has 74 heavy (non-hydrogen) atoms. The van der Waals surface area contributed by atoms with E-state index >= 15 is 0 Å². The van der Waals surface area contributed by atoms with Crippen molar-refractivity contribution in [2.24, 2.45) is 0 Å². The Bertz CT molecular complexity index is 3260. The summed E-state index contributed by atoms with van der Waals surface area (Å²) in [5.74, 6) is 1.92. The standard InChI is InChI=1S/C27H31N7O4.C27H33N7O2/c1-31(2)11-12-32(3)24-14-26(37-4)22(13-25(24)34(35)36)30-27-28-10-9-21(29-27)20-15-33(18-16-38-17-18)23-8-6-5-7-19(20)23;1-32(2)11-12-33(3)25-14-26(35-4)23(13-21(25)28)31-27-29-10-9-22(30-27)20-15-34(18-16-36-17-18)24-8-6-5-7-19(20)24/h5-10,13-15,18H,11-12,16-17H2,1-4H3,(H,28,29,30);5-10,13-15,18H,11-12,16-17,28H2,1-4H3,(H,29,30,31). The number of nitrogens with zero attached hydrogens (tertiary/aromatic N) is 11. The van der Waals surface area contributed by atoms with Gasteiger partial charge in [-0.15, -0.1) is 0 Å². The van der Waals surface area contributed by atoms with Crippen molar-refractivity contribution in [3.8, 4) is 34.0 Å². The van der Waals surface area contributed by atoms with Gasteiger partial charge >= 0.3 is 0 Å². The highest BCUT2D eigenvalue weighted by Gasteiger charge is 2.27. The molecular formula is C54H64N14O6. The fraction of sp³-hybridized carbons (Fsp3) is 0.333. The molecule has 2 saturated heterocycles. The smallest absolute Gasteiger partial charge is 0.294 e. The summed E-state index contributed by atoms with van der Waals surface area (Å²) in [6.45, 7) is 5.98. The number of nitrogens with one attached hydrogen (secondary N) is 2. The molecule has 0 amide bonds. The summed E-state index contributed by atoms with van der Waals surface area (Å²) in [5.41, 5.74) is 15.5. The lowest BCUT2D eigenvalue weighted by Gasteiger charge is -2.28. The second kappa shape index (κ2) is 22.4. The van der Waals surface area contributed by atoms with Crippen molar-refractivity contribution >= 4 is 67.8 Å². The third-order valence-electron chi connectivity index (χ3n) is 13.3. The molecule has 386 valence electrons. The first-order valence-electron chi connectivity index (χ1n) is 24.4. The van der Waals surface area contributed by atoms with Gasteiger partial charge in [-0.25, -0.2) is 19.9 Å². The van der Waals surface area contributed by atoms with Crippen LogP contribution in [0.1, 0.15) is 12.1 Å². The highest BCUT2D eigenvalue weighted by atomic mass is 16.6. The summed E-state index contributed by atoms with van der Waals surface area (Å²) in [6, 6.07) is 28.0. The van der Waals surface area contributed by atoms with E-state index in [4.69, 9.17) is 34.6 Å². The highest BCUT2D eigenvalue weighted by Crippen LogP contribution is 2.41. The highest BCUT2D eigenvalue weighted by molar-refractivity contribution is 5.96. The van der Waals surface area contributed by atoms with Crippen LogP contribution in [0.2, 0.25) is 0 Å². The second-order valence-electron chi connectivity index (χ2n) is 19.0. The summed E-state index contributed by atoms with van der Waals surface area (Å²) in [7, 11) is 15.1. The molecule has 0 saturated carbocycles. The van der Waals surface area contributed by atoms with Gasteiger partial charge in [-0.05, 0) is 58.5 Å². The number of aromatic nitrogens is 6. The summed E-state index contributed by atoms with van der Waals surface area (Å²) >= 11 is 0. The molecule has 0 unspecified atom stereocenters. The van der Waals surface area contributed by atoms with Crippen molar-refractivity contribution in [1.29, 1.82) is 0 Å². The predicted molar refractivity (Wildman–Crippen MR) is 293 cm³/mol. The number of nitro benzene ring substituents is 1. The molecule has 10 rings (SSSR count). The van der Waals surface area contributed by atoms with Crippen LogP contribution in [0.25, 0.3) is 44.3 Å². The molecule has 4 aromatic heterocycles. The average molecular weight is 1010 g/mol. The normalized spacial score (nSPS) is 13.6. The lowest BCUT2D eigenvalue weighted by Crippen LogP contribution is -2.29. The number of nitro groups is 1. The van der Waals surface area contributed by atoms with Gasteiger partial charge in [0.15, 0.2) is 0 Å². The minimum absolute atomic E-state index is 0.0310. The monoisotopic (exact) mass is 1000 g/mol. The van der Waals surface area contributed by atoms with Crippen molar-refractivity contribution in [2.75, 3.05) is 135 Å². The van der Waals surface area contributed by atoms with Gasteiger partial charge in [-0.2, -0.15) is 0 Å². The van der Waals surface area contributed by atoms with Gasteiger partial charge in [-0.3, -0.25) is 10.1 Å². The second-order valence-corrected chi connectivity index (χ2v) is 19.0. The predicted octanol–water partition coefficient (Wildman–Crippen LogP) is 8.33. The van der Waals surface area contributed by atoms with Crippen molar-refractivity contribution < 1.29 is 23.9 Å². The van der Waals surface area contributed by atoms with Crippen LogP contribution in [0.15, 0.2) is 110 Å². The maximum atomic E-state index is 12.0. The number of hydrogen-bond donors (Lipinski definition) is 3. The van der Waals surface area contributed by atoms with E-state index in [2.05, 4.69) is 102 Å². The van der Waals surface area contributed by atoms with Gasteiger partial charge in [0.25, 0.3) is 5.69 Å². The van der Waals surface area contributed by atoms with E-state index in [1.165, 1.54) is 18.7 Å². The molecule has 4 aromatic carbocycles. The van der Waals surface area contributed by atoms with E-state index in [0.717, 1.165) is 77.3 Å². The van der Waals surface area contributed by atoms with Gasteiger partial charge in [-0.1, -0.05) is 36.4 Å². The number of anilines is 7. The summed E-state index contributed by atoms with van der Waals surface area (Å²) in [4.78, 5) is 38.2. The number of ether oxygens (including phenoxy) is 4. The van der Waals surface area contributed by atoms with E-state index in [-0.39, 0.29) is 10.6 Å². The Morgan fingerprint density at radius 1 is 0.649 bits per heavy atom. The molecule has 20 heteroatoms. The Morgan fingerprint density at radius 3 is 1.53 bits per heavy atom. The summed E-state index contributed by atoms with van der Waals surface area (Å²) in [5, 5.41) is 20.7. The zero-order valence-corrected chi connectivity index (χ0v) is 43.2.